The second kappa shape index (κ2) is 6.74. The largest absolute Gasteiger partial charge is 0.312 e. The number of hydrogen-bond donors (Lipinski definition) is 2. The molecule has 2 atom stereocenters. The van der Waals surface area contributed by atoms with E-state index in [9.17, 15) is 18.8 Å². The zero-order valence-electron chi connectivity index (χ0n) is 15.5. The van der Waals surface area contributed by atoms with Crippen molar-refractivity contribution in [1.29, 1.82) is 0 Å². The monoisotopic (exact) mass is 385 g/mol. The van der Waals surface area contributed by atoms with Gasteiger partial charge in [0, 0.05) is 37.7 Å². The molecule has 0 saturated carbocycles. The highest BCUT2D eigenvalue weighted by molar-refractivity contribution is 6.04. The van der Waals surface area contributed by atoms with Crippen LogP contribution in [0.4, 0.5) is 21.7 Å². The van der Waals surface area contributed by atoms with Crippen LogP contribution in [0.5, 0.6) is 0 Å². The molecule has 146 valence electrons. The number of carbonyl (C=O) groups excluding carboxylic acids is 3. The third-order valence-corrected chi connectivity index (χ3v) is 5.20. The Labute approximate surface area is 160 Å². The van der Waals surface area contributed by atoms with E-state index >= 15 is 0 Å². The van der Waals surface area contributed by atoms with Crippen molar-refractivity contribution in [3.05, 3.63) is 35.6 Å². The van der Waals surface area contributed by atoms with Crippen LogP contribution in [0.25, 0.3) is 0 Å². The van der Waals surface area contributed by atoms with E-state index in [-0.39, 0.29) is 42.4 Å². The summed E-state index contributed by atoms with van der Waals surface area (Å²) in [7, 11) is 1.70. The van der Waals surface area contributed by atoms with Gasteiger partial charge >= 0.3 is 0 Å². The standard InChI is InChI=1S/C19H20FN5O3/c1-10-7-14(26)21-18-16(10)17(23-24(18)2)22-19(28)11-8-15(27)25(9-11)13-5-3-12(20)4-6-13/h3-6,10-11H,7-9H2,1-2H3,(H,21,26)(H,22,23,28)/t10-,11+/m0/s1. The van der Waals surface area contributed by atoms with Crippen molar-refractivity contribution in [2.24, 2.45) is 13.0 Å². The van der Waals surface area contributed by atoms with Gasteiger partial charge in [0.25, 0.3) is 0 Å². The molecule has 2 aliphatic heterocycles. The molecular formula is C19H20FN5O3. The van der Waals surface area contributed by atoms with Gasteiger partial charge in [0.1, 0.15) is 11.6 Å². The van der Waals surface area contributed by atoms with E-state index in [4.69, 9.17) is 0 Å². The lowest BCUT2D eigenvalue weighted by Gasteiger charge is -2.20. The van der Waals surface area contributed by atoms with Crippen LogP contribution in [0.1, 0.15) is 31.2 Å². The lowest BCUT2D eigenvalue weighted by atomic mass is 9.95. The Morgan fingerprint density at radius 2 is 1.96 bits per heavy atom. The van der Waals surface area contributed by atoms with E-state index in [1.807, 2.05) is 6.92 Å². The molecule has 1 aromatic carbocycles. The molecule has 3 amide bonds. The number of aromatic nitrogens is 2. The van der Waals surface area contributed by atoms with Crippen LogP contribution >= 0.6 is 0 Å². The zero-order valence-corrected chi connectivity index (χ0v) is 15.5. The lowest BCUT2D eigenvalue weighted by Crippen LogP contribution is -2.28. The average Bonchev–Trinajstić information content (AvgIpc) is 3.16. The maximum absolute atomic E-state index is 13.1. The Hall–Kier alpha value is -3.23. The average molecular weight is 385 g/mol. The minimum Gasteiger partial charge on any atom is -0.312 e. The highest BCUT2D eigenvalue weighted by Gasteiger charge is 2.37. The molecule has 0 aliphatic carbocycles. The SMILES string of the molecule is C[C@H]1CC(=O)Nc2c1c(NC(=O)[C@@H]1CC(=O)N(c3ccc(F)cc3)C1)nn2C. The summed E-state index contributed by atoms with van der Waals surface area (Å²) < 4.78 is 14.6. The molecule has 0 radical (unpaired) electrons. The minimum absolute atomic E-state index is 0.0739. The summed E-state index contributed by atoms with van der Waals surface area (Å²) in [5.41, 5.74) is 1.35. The zero-order chi connectivity index (χ0) is 20.0. The summed E-state index contributed by atoms with van der Waals surface area (Å²) >= 11 is 0. The van der Waals surface area contributed by atoms with Crippen molar-refractivity contribution in [3.63, 3.8) is 0 Å². The summed E-state index contributed by atoms with van der Waals surface area (Å²) in [5, 5.41) is 9.92. The number of halogens is 1. The molecule has 1 aromatic heterocycles. The minimum atomic E-state index is -0.538. The molecule has 4 rings (SSSR count). The van der Waals surface area contributed by atoms with Gasteiger partial charge in [-0.15, -0.1) is 0 Å². The number of rotatable bonds is 3. The van der Waals surface area contributed by atoms with Gasteiger partial charge in [-0.2, -0.15) is 5.10 Å². The molecule has 2 N–H and O–H groups in total. The number of benzene rings is 1. The second-order valence-electron chi connectivity index (χ2n) is 7.26. The third kappa shape index (κ3) is 3.12. The van der Waals surface area contributed by atoms with E-state index in [1.54, 1.807) is 7.05 Å². The van der Waals surface area contributed by atoms with Gasteiger partial charge in [0.05, 0.1) is 5.92 Å². The molecule has 28 heavy (non-hydrogen) atoms. The summed E-state index contributed by atoms with van der Waals surface area (Å²) in [6.45, 7) is 2.13. The lowest BCUT2D eigenvalue weighted by molar-refractivity contribution is -0.122. The number of hydrogen-bond acceptors (Lipinski definition) is 4. The van der Waals surface area contributed by atoms with Crippen LogP contribution in [-0.2, 0) is 21.4 Å². The van der Waals surface area contributed by atoms with Crippen molar-refractivity contribution >= 4 is 35.0 Å². The third-order valence-electron chi connectivity index (χ3n) is 5.20. The molecule has 9 heteroatoms. The molecule has 2 aromatic rings. The number of aryl methyl sites for hydroxylation is 1. The fraction of sp³-hybridized carbons (Fsp3) is 0.368. The Balaban J connectivity index is 1.51. The number of fused-ring (bicyclic) bond motifs is 1. The Morgan fingerprint density at radius 1 is 1.25 bits per heavy atom. The summed E-state index contributed by atoms with van der Waals surface area (Å²) in [6.07, 6.45) is 0.395. The molecular weight excluding hydrogens is 365 g/mol. The highest BCUT2D eigenvalue weighted by atomic mass is 19.1. The smallest absolute Gasteiger partial charge is 0.231 e. The van der Waals surface area contributed by atoms with Gasteiger partial charge in [-0.3, -0.25) is 19.1 Å². The molecule has 1 saturated heterocycles. The number of nitrogens with one attached hydrogen (secondary N) is 2. The van der Waals surface area contributed by atoms with Gasteiger partial charge in [-0.25, -0.2) is 4.39 Å². The Kier molecular flexibility index (Phi) is 4.37. The molecule has 0 spiro atoms. The van der Waals surface area contributed by atoms with E-state index in [1.165, 1.54) is 33.8 Å². The van der Waals surface area contributed by atoms with Gasteiger partial charge in [-0.05, 0) is 30.2 Å². The molecule has 3 heterocycles. The molecule has 2 aliphatic rings. The van der Waals surface area contributed by atoms with Crippen LogP contribution in [0, 0.1) is 11.7 Å². The number of amides is 3. The van der Waals surface area contributed by atoms with E-state index in [0.717, 1.165) is 5.56 Å². The Morgan fingerprint density at radius 3 is 2.68 bits per heavy atom. The highest BCUT2D eigenvalue weighted by Crippen LogP contribution is 2.37. The van der Waals surface area contributed by atoms with E-state index < -0.39 is 5.92 Å². The summed E-state index contributed by atoms with van der Waals surface area (Å²) in [5.74, 6) is -0.587. The summed E-state index contributed by atoms with van der Waals surface area (Å²) in [6, 6.07) is 5.61. The topological polar surface area (TPSA) is 96.3 Å². The molecule has 0 unspecified atom stereocenters. The first-order valence-corrected chi connectivity index (χ1v) is 9.07. The first-order valence-electron chi connectivity index (χ1n) is 9.07. The number of anilines is 3. The van der Waals surface area contributed by atoms with Crippen LogP contribution in [0.3, 0.4) is 0 Å². The predicted molar refractivity (Wildman–Crippen MR) is 100 cm³/mol. The van der Waals surface area contributed by atoms with Crippen molar-refractivity contribution < 1.29 is 18.8 Å². The van der Waals surface area contributed by atoms with Crippen molar-refractivity contribution in [1.82, 2.24) is 9.78 Å². The fourth-order valence-electron chi connectivity index (χ4n) is 3.78. The number of carbonyl (C=O) groups is 3. The Bertz CT molecular complexity index is 969. The van der Waals surface area contributed by atoms with Gasteiger partial charge in [-0.1, -0.05) is 6.92 Å². The van der Waals surface area contributed by atoms with Crippen LogP contribution < -0.4 is 15.5 Å². The van der Waals surface area contributed by atoms with Gasteiger partial charge < -0.3 is 15.5 Å². The first-order chi connectivity index (χ1) is 13.3. The van der Waals surface area contributed by atoms with Gasteiger partial charge in [0.15, 0.2) is 5.82 Å². The van der Waals surface area contributed by atoms with E-state index in [0.29, 0.717) is 23.7 Å². The van der Waals surface area contributed by atoms with Crippen LogP contribution in [-0.4, -0.2) is 34.0 Å². The van der Waals surface area contributed by atoms with Crippen LogP contribution in [0.2, 0.25) is 0 Å². The molecule has 8 nitrogen and oxygen atoms in total. The maximum atomic E-state index is 13.1. The second-order valence-corrected chi connectivity index (χ2v) is 7.26. The number of nitrogens with zero attached hydrogens (tertiary/aromatic N) is 3. The van der Waals surface area contributed by atoms with Crippen molar-refractivity contribution in [3.8, 4) is 0 Å². The predicted octanol–water partition coefficient (Wildman–Crippen LogP) is 2.00. The fourth-order valence-corrected chi connectivity index (χ4v) is 3.78. The van der Waals surface area contributed by atoms with Gasteiger partial charge in [0.2, 0.25) is 17.7 Å². The van der Waals surface area contributed by atoms with E-state index in [2.05, 4.69) is 15.7 Å². The first kappa shape index (κ1) is 18.1. The van der Waals surface area contributed by atoms with Crippen molar-refractivity contribution in [2.75, 3.05) is 22.1 Å². The molecule has 1 fully saturated rings. The van der Waals surface area contributed by atoms with Crippen LogP contribution in [0.15, 0.2) is 24.3 Å². The quantitative estimate of drug-likeness (QED) is 0.845. The summed E-state index contributed by atoms with van der Waals surface area (Å²) in [4.78, 5) is 38.3. The maximum Gasteiger partial charge on any atom is 0.231 e. The molecule has 0 bridgehead atoms. The normalized spacial score (nSPS) is 21.5. The van der Waals surface area contributed by atoms with Crippen molar-refractivity contribution in [2.45, 2.75) is 25.7 Å².